The summed E-state index contributed by atoms with van der Waals surface area (Å²) < 4.78 is 100. The van der Waals surface area contributed by atoms with Gasteiger partial charge in [0.15, 0.2) is 6.79 Å². The third kappa shape index (κ3) is 4.63. The van der Waals surface area contributed by atoms with Crippen LogP contribution >= 0.6 is 0 Å². The fourth-order valence-electron chi connectivity index (χ4n) is 3.30. The van der Waals surface area contributed by atoms with Gasteiger partial charge in [0.2, 0.25) is 5.41 Å². The number of carbonyl (C=O) groups excluding carboxylic acids is 1. The highest BCUT2D eigenvalue weighted by atomic mass is 19.4. The zero-order valence-corrected chi connectivity index (χ0v) is 17.1. The van der Waals surface area contributed by atoms with E-state index in [9.17, 15) is 31.1 Å². The summed E-state index contributed by atoms with van der Waals surface area (Å²) in [5.41, 5.74) is -6.37. The Balaban J connectivity index is 2.79. The number of esters is 1. The van der Waals surface area contributed by atoms with E-state index in [4.69, 9.17) is 14.2 Å². The second-order valence-electron chi connectivity index (χ2n) is 6.85. The summed E-state index contributed by atoms with van der Waals surface area (Å²) in [5.74, 6) is -0.796. The van der Waals surface area contributed by atoms with Crippen LogP contribution in [0.2, 0.25) is 0 Å². The smallest absolute Gasteiger partial charge is 0.411 e. The Hall–Kier alpha value is -2.75. The second kappa shape index (κ2) is 8.78. The minimum atomic E-state index is -5.73. The lowest BCUT2D eigenvalue weighted by molar-refractivity contribution is -0.288. The molecule has 0 heterocycles. The van der Waals surface area contributed by atoms with Gasteiger partial charge in [0, 0.05) is 14.0 Å². The fourth-order valence-corrected chi connectivity index (χ4v) is 3.30. The zero-order chi connectivity index (χ0) is 23.6. The van der Waals surface area contributed by atoms with Crippen LogP contribution in [0.15, 0.2) is 36.4 Å². The van der Waals surface area contributed by atoms with Crippen LogP contribution in [0.25, 0.3) is 0 Å². The maximum Gasteiger partial charge on any atom is 0.411 e. The van der Waals surface area contributed by atoms with Gasteiger partial charge < -0.3 is 14.2 Å². The van der Waals surface area contributed by atoms with Crippen molar-refractivity contribution in [2.24, 2.45) is 0 Å². The molecule has 0 aromatic heterocycles. The van der Waals surface area contributed by atoms with Gasteiger partial charge in [-0.25, -0.2) is 0 Å². The molecular weight excluding hydrogens is 430 g/mol. The summed E-state index contributed by atoms with van der Waals surface area (Å²) in [6.07, 6.45) is -11.5. The lowest BCUT2D eigenvalue weighted by Gasteiger charge is -2.38. The van der Waals surface area contributed by atoms with Crippen molar-refractivity contribution < 1.29 is 45.3 Å². The molecule has 0 aliphatic carbocycles. The standard InChI is InChI=1S/C21H20F6O4/c1-12-9-15(5-7-17(12)30-11-29-4)19(20(22,23)24,21(25,26)27)16-6-8-18(13(2)10-16)31-14(3)28/h5-10H,11H2,1-4H3. The molecule has 2 aromatic rings. The number of carbonyl (C=O) groups is 1. The highest BCUT2D eigenvalue weighted by Crippen LogP contribution is 2.56. The lowest BCUT2D eigenvalue weighted by Crippen LogP contribution is -2.54. The molecule has 0 N–H and O–H groups in total. The van der Waals surface area contributed by atoms with E-state index in [-0.39, 0.29) is 29.4 Å². The number of hydrogen-bond donors (Lipinski definition) is 0. The molecule has 0 bridgehead atoms. The number of aryl methyl sites for hydroxylation is 2. The number of ether oxygens (including phenoxy) is 3. The van der Waals surface area contributed by atoms with Gasteiger partial charge in [-0.3, -0.25) is 4.79 Å². The molecule has 31 heavy (non-hydrogen) atoms. The van der Waals surface area contributed by atoms with Crippen molar-refractivity contribution in [1.82, 2.24) is 0 Å². The van der Waals surface area contributed by atoms with E-state index in [0.717, 1.165) is 37.3 Å². The van der Waals surface area contributed by atoms with E-state index < -0.39 is 34.9 Å². The number of methoxy groups -OCH3 is 1. The summed E-state index contributed by atoms with van der Waals surface area (Å²) in [6.45, 7) is 3.44. The van der Waals surface area contributed by atoms with Crippen LogP contribution in [0.5, 0.6) is 11.5 Å². The Kier molecular flexibility index (Phi) is 6.94. The number of halogens is 6. The normalized spacial score (nSPS) is 12.6. The first kappa shape index (κ1) is 24.5. The van der Waals surface area contributed by atoms with Crippen molar-refractivity contribution in [2.45, 2.75) is 38.5 Å². The first-order valence-corrected chi connectivity index (χ1v) is 8.91. The molecule has 0 spiro atoms. The number of rotatable bonds is 6. The average molecular weight is 450 g/mol. The molecule has 0 unspecified atom stereocenters. The topological polar surface area (TPSA) is 44.8 Å². The molecule has 0 aliphatic heterocycles. The van der Waals surface area contributed by atoms with E-state index in [2.05, 4.69) is 0 Å². The van der Waals surface area contributed by atoms with E-state index in [1.807, 2.05) is 0 Å². The van der Waals surface area contributed by atoms with Gasteiger partial charge >= 0.3 is 18.3 Å². The first-order chi connectivity index (χ1) is 14.3. The molecule has 170 valence electrons. The van der Waals surface area contributed by atoms with Crippen LogP contribution in [-0.4, -0.2) is 32.2 Å². The quantitative estimate of drug-likeness (QED) is 0.248. The minimum absolute atomic E-state index is 0.0534. The van der Waals surface area contributed by atoms with Crippen LogP contribution in [0.4, 0.5) is 26.3 Å². The molecule has 0 saturated carbocycles. The molecule has 2 rings (SSSR count). The molecule has 2 aromatic carbocycles. The average Bonchev–Trinajstić information content (AvgIpc) is 2.61. The highest BCUT2D eigenvalue weighted by molar-refractivity contribution is 5.70. The molecule has 0 amide bonds. The van der Waals surface area contributed by atoms with Gasteiger partial charge in [-0.05, 0) is 48.2 Å². The van der Waals surface area contributed by atoms with Gasteiger partial charge in [-0.15, -0.1) is 0 Å². The minimum Gasteiger partial charge on any atom is -0.467 e. The maximum atomic E-state index is 14.3. The third-order valence-electron chi connectivity index (χ3n) is 4.65. The molecule has 0 atom stereocenters. The summed E-state index contributed by atoms with van der Waals surface area (Å²) in [4.78, 5) is 11.1. The van der Waals surface area contributed by atoms with Crippen molar-refractivity contribution >= 4 is 5.97 Å². The van der Waals surface area contributed by atoms with E-state index >= 15 is 0 Å². The van der Waals surface area contributed by atoms with Gasteiger partial charge in [-0.2, -0.15) is 26.3 Å². The summed E-state index contributed by atoms with van der Waals surface area (Å²) in [6, 6.07) is 4.87. The van der Waals surface area contributed by atoms with Crippen molar-refractivity contribution in [3.8, 4) is 11.5 Å². The zero-order valence-electron chi connectivity index (χ0n) is 17.1. The van der Waals surface area contributed by atoms with Gasteiger partial charge in [0.05, 0.1) is 0 Å². The van der Waals surface area contributed by atoms with Crippen LogP contribution in [0, 0.1) is 13.8 Å². The molecule has 0 fully saturated rings. The van der Waals surface area contributed by atoms with Crippen molar-refractivity contribution in [1.29, 1.82) is 0 Å². The molecule has 10 heteroatoms. The van der Waals surface area contributed by atoms with Crippen LogP contribution in [0.1, 0.15) is 29.2 Å². The predicted octanol–water partition coefficient (Wildman–Crippen LogP) is 5.62. The molecule has 4 nitrogen and oxygen atoms in total. The Labute approximate surface area is 174 Å². The van der Waals surface area contributed by atoms with E-state index in [0.29, 0.717) is 6.07 Å². The predicted molar refractivity (Wildman–Crippen MR) is 99.1 cm³/mol. The van der Waals surface area contributed by atoms with Crippen LogP contribution in [0.3, 0.4) is 0 Å². The second-order valence-corrected chi connectivity index (χ2v) is 6.85. The van der Waals surface area contributed by atoms with E-state index in [1.165, 1.54) is 21.0 Å². The van der Waals surface area contributed by atoms with Crippen molar-refractivity contribution in [3.63, 3.8) is 0 Å². The maximum absolute atomic E-state index is 14.3. The summed E-state index contributed by atoms with van der Waals surface area (Å²) in [7, 11) is 1.32. The number of hydrogen-bond acceptors (Lipinski definition) is 4. The first-order valence-electron chi connectivity index (χ1n) is 8.91. The summed E-state index contributed by atoms with van der Waals surface area (Å²) >= 11 is 0. The molecule has 0 radical (unpaired) electrons. The molecular formula is C21H20F6O4. The lowest BCUT2D eigenvalue weighted by atomic mass is 9.72. The monoisotopic (exact) mass is 450 g/mol. The Bertz CT molecular complexity index is 936. The van der Waals surface area contributed by atoms with Crippen LogP contribution < -0.4 is 9.47 Å². The molecule has 0 aliphatic rings. The Morgan fingerprint density at radius 1 is 0.839 bits per heavy atom. The van der Waals surface area contributed by atoms with Crippen molar-refractivity contribution in [3.05, 3.63) is 58.7 Å². The third-order valence-corrected chi connectivity index (χ3v) is 4.65. The van der Waals surface area contributed by atoms with E-state index in [1.54, 1.807) is 0 Å². The Morgan fingerprint density at radius 2 is 1.29 bits per heavy atom. The van der Waals surface area contributed by atoms with Gasteiger partial charge in [0.25, 0.3) is 0 Å². The van der Waals surface area contributed by atoms with Crippen molar-refractivity contribution in [2.75, 3.05) is 13.9 Å². The number of benzene rings is 2. The van der Waals surface area contributed by atoms with Gasteiger partial charge in [-0.1, -0.05) is 24.3 Å². The summed E-state index contributed by atoms with van der Waals surface area (Å²) in [5, 5.41) is 0. The Morgan fingerprint density at radius 3 is 1.65 bits per heavy atom. The highest BCUT2D eigenvalue weighted by Gasteiger charge is 2.72. The van der Waals surface area contributed by atoms with Crippen LogP contribution in [-0.2, 0) is 14.9 Å². The SMILES string of the molecule is COCOc1ccc(C(c2ccc(OC(C)=O)c(C)c2)(C(F)(F)F)C(F)(F)F)cc1C. The number of alkyl halides is 6. The molecule has 0 saturated heterocycles. The van der Waals surface area contributed by atoms with Gasteiger partial charge in [0.1, 0.15) is 11.5 Å². The fraction of sp³-hybridized carbons (Fsp3) is 0.381. The largest absolute Gasteiger partial charge is 0.467 e.